The summed E-state index contributed by atoms with van der Waals surface area (Å²) in [6.07, 6.45) is 14.9. The lowest BCUT2D eigenvalue weighted by molar-refractivity contribution is 0.0399. The van der Waals surface area contributed by atoms with Crippen molar-refractivity contribution < 1.29 is 14.0 Å². The van der Waals surface area contributed by atoms with Gasteiger partial charge in [0.15, 0.2) is 0 Å². The van der Waals surface area contributed by atoms with Crippen LogP contribution in [0.3, 0.4) is 0 Å². The normalized spacial score (nSPS) is 20.8. The van der Waals surface area contributed by atoms with E-state index < -0.39 is 6.10 Å². The zero-order chi connectivity index (χ0) is 15.3. The molecule has 0 aliphatic carbocycles. The highest BCUT2D eigenvalue weighted by Gasteiger charge is 2.30. The Balaban J connectivity index is 2.06. The number of aliphatic hydroxyl groups is 1. The van der Waals surface area contributed by atoms with E-state index in [1.807, 2.05) is 6.26 Å². The molecule has 0 amide bonds. The van der Waals surface area contributed by atoms with E-state index in [0.29, 0.717) is 6.42 Å². The van der Waals surface area contributed by atoms with Crippen molar-refractivity contribution in [2.45, 2.75) is 69.7 Å². The second-order valence-electron chi connectivity index (χ2n) is 5.55. The van der Waals surface area contributed by atoms with Crippen molar-refractivity contribution in [1.82, 2.24) is 0 Å². The lowest BCUT2D eigenvalue weighted by atomic mass is 10.1. The SMILES string of the molecule is CSOC(C/C=C\CCCCCCCS)C(O)CC1CO1. The Labute approximate surface area is 139 Å². The van der Waals surface area contributed by atoms with Crippen LogP contribution in [-0.4, -0.2) is 42.0 Å². The molecule has 0 bridgehead atoms. The van der Waals surface area contributed by atoms with Crippen LogP contribution in [0.5, 0.6) is 0 Å². The summed E-state index contributed by atoms with van der Waals surface area (Å²) in [6.45, 7) is 0.784. The smallest absolute Gasteiger partial charge is 0.102 e. The molecule has 1 aliphatic rings. The molecule has 0 radical (unpaired) electrons. The summed E-state index contributed by atoms with van der Waals surface area (Å²) in [5.74, 6) is 1.00. The second kappa shape index (κ2) is 12.8. The molecule has 0 spiro atoms. The summed E-state index contributed by atoms with van der Waals surface area (Å²) in [4.78, 5) is 0. The number of unbranched alkanes of at least 4 members (excludes halogenated alkanes) is 5. The topological polar surface area (TPSA) is 42.0 Å². The van der Waals surface area contributed by atoms with Crippen LogP contribution >= 0.6 is 24.7 Å². The summed E-state index contributed by atoms with van der Waals surface area (Å²) < 4.78 is 10.7. The Morgan fingerprint density at radius 2 is 2.00 bits per heavy atom. The molecular weight excluding hydrogens is 304 g/mol. The summed E-state index contributed by atoms with van der Waals surface area (Å²) in [5.41, 5.74) is 0. The molecule has 1 heterocycles. The van der Waals surface area contributed by atoms with Crippen LogP contribution in [0.25, 0.3) is 0 Å². The fraction of sp³-hybridized carbons (Fsp3) is 0.875. The molecule has 1 fully saturated rings. The highest BCUT2D eigenvalue weighted by atomic mass is 32.2. The Kier molecular flexibility index (Phi) is 11.8. The minimum Gasteiger partial charge on any atom is -0.390 e. The zero-order valence-corrected chi connectivity index (χ0v) is 14.8. The number of thiol groups is 1. The van der Waals surface area contributed by atoms with Gasteiger partial charge < -0.3 is 14.0 Å². The first kappa shape index (κ1) is 19.4. The van der Waals surface area contributed by atoms with E-state index in [2.05, 4.69) is 24.8 Å². The standard InChI is InChI=1S/C16H30O3S2/c1-21-19-16(15(17)12-14-13-18-14)10-8-6-4-2-3-5-7-9-11-20/h6,8,14-17,20H,2-5,7,9-13H2,1H3/b8-6-. The van der Waals surface area contributed by atoms with Gasteiger partial charge in [0, 0.05) is 12.7 Å². The molecule has 3 unspecified atom stereocenters. The van der Waals surface area contributed by atoms with E-state index in [-0.39, 0.29) is 12.2 Å². The predicted octanol–water partition coefficient (Wildman–Crippen LogP) is 4.02. The Morgan fingerprint density at radius 3 is 2.67 bits per heavy atom. The number of hydrogen-bond acceptors (Lipinski definition) is 5. The van der Waals surface area contributed by atoms with Crippen LogP contribution < -0.4 is 0 Å². The van der Waals surface area contributed by atoms with Gasteiger partial charge in [0.05, 0.1) is 18.8 Å². The average Bonchev–Trinajstić information content (AvgIpc) is 3.28. The van der Waals surface area contributed by atoms with Crippen molar-refractivity contribution >= 4 is 24.7 Å². The molecule has 1 N–H and O–H groups in total. The minimum atomic E-state index is -0.434. The molecule has 21 heavy (non-hydrogen) atoms. The van der Waals surface area contributed by atoms with Gasteiger partial charge >= 0.3 is 0 Å². The van der Waals surface area contributed by atoms with Gasteiger partial charge in [-0.1, -0.05) is 31.4 Å². The number of hydrogen-bond donors (Lipinski definition) is 2. The quantitative estimate of drug-likeness (QED) is 0.166. The van der Waals surface area contributed by atoms with Crippen LogP contribution in [0.15, 0.2) is 12.2 Å². The Hall–Kier alpha value is 0.320. The average molecular weight is 335 g/mol. The zero-order valence-electron chi connectivity index (χ0n) is 13.1. The van der Waals surface area contributed by atoms with Gasteiger partial charge in [-0.25, -0.2) is 0 Å². The highest BCUT2D eigenvalue weighted by Crippen LogP contribution is 2.22. The molecule has 0 aromatic carbocycles. The van der Waals surface area contributed by atoms with Gasteiger partial charge in [-0.05, 0) is 43.5 Å². The minimum absolute atomic E-state index is 0.129. The van der Waals surface area contributed by atoms with E-state index in [4.69, 9.17) is 8.92 Å². The number of allylic oxidation sites excluding steroid dienone is 1. The molecule has 3 nitrogen and oxygen atoms in total. The summed E-state index contributed by atoms with van der Waals surface area (Å²) >= 11 is 5.54. The van der Waals surface area contributed by atoms with Crippen LogP contribution in [0.4, 0.5) is 0 Å². The maximum absolute atomic E-state index is 10.1. The van der Waals surface area contributed by atoms with Crippen molar-refractivity contribution in [3.63, 3.8) is 0 Å². The third kappa shape index (κ3) is 10.6. The molecule has 1 saturated heterocycles. The highest BCUT2D eigenvalue weighted by molar-refractivity contribution is 7.93. The monoisotopic (exact) mass is 334 g/mol. The lowest BCUT2D eigenvalue weighted by Crippen LogP contribution is -2.28. The number of rotatable bonds is 14. The summed E-state index contributed by atoms with van der Waals surface area (Å²) in [5, 5.41) is 10.1. The van der Waals surface area contributed by atoms with Gasteiger partial charge in [0.25, 0.3) is 0 Å². The van der Waals surface area contributed by atoms with Crippen LogP contribution in [0.1, 0.15) is 51.4 Å². The van der Waals surface area contributed by atoms with E-state index >= 15 is 0 Å². The van der Waals surface area contributed by atoms with Crippen LogP contribution in [-0.2, 0) is 8.92 Å². The largest absolute Gasteiger partial charge is 0.390 e. The molecule has 1 rings (SSSR count). The van der Waals surface area contributed by atoms with Crippen LogP contribution in [0.2, 0.25) is 0 Å². The van der Waals surface area contributed by atoms with Crippen molar-refractivity contribution in [1.29, 1.82) is 0 Å². The molecular formula is C16H30O3S2. The number of epoxide rings is 1. The Morgan fingerprint density at radius 1 is 1.29 bits per heavy atom. The van der Waals surface area contributed by atoms with Crippen molar-refractivity contribution in [3.05, 3.63) is 12.2 Å². The first-order valence-electron chi connectivity index (χ1n) is 8.03. The van der Waals surface area contributed by atoms with Crippen LogP contribution in [0, 0.1) is 0 Å². The summed E-state index contributed by atoms with van der Waals surface area (Å²) in [7, 11) is 0. The molecule has 0 aromatic rings. The molecule has 3 atom stereocenters. The van der Waals surface area contributed by atoms with Gasteiger partial charge in [0.2, 0.25) is 0 Å². The van der Waals surface area contributed by atoms with E-state index in [1.165, 1.54) is 44.1 Å². The third-order valence-corrected chi connectivity index (χ3v) is 4.38. The van der Waals surface area contributed by atoms with Crippen molar-refractivity contribution in [2.75, 3.05) is 18.6 Å². The molecule has 124 valence electrons. The fourth-order valence-corrected chi connectivity index (χ4v) is 2.94. The molecule has 1 aliphatic heterocycles. The lowest BCUT2D eigenvalue weighted by Gasteiger charge is -2.19. The van der Waals surface area contributed by atoms with Gasteiger partial charge in [-0.2, -0.15) is 12.6 Å². The number of aliphatic hydroxyl groups excluding tert-OH is 1. The van der Waals surface area contributed by atoms with E-state index in [9.17, 15) is 5.11 Å². The van der Waals surface area contributed by atoms with Gasteiger partial charge in [-0.15, -0.1) is 0 Å². The maximum atomic E-state index is 10.1. The summed E-state index contributed by atoms with van der Waals surface area (Å²) in [6, 6.07) is 0. The van der Waals surface area contributed by atoms with Crippen molar-refractivity contribution in [3.8, 4) is 0 Å². The molecule has 0 aromatic heterocycles. The molecule has 5 heteroatoms. The number of ether oxygens (including phenoxy) is 1. The van der Waals surface area contributed by atoms with E-state index in [1.54, 1.807) is 0 Å². The third-order valence-electron chi connectivity index (χ3n) is 3.62. The molecule has 0 saturated carbocycles. The van der Waals surface area contributed by atoms with Gasteiger partial charge in [-0.3, -0.25) is 0 Å². The first-order valence-corrected chi connectivity index (χ1v) is 9.81. The van der Waals surface area contributed by atoms with Gasteiger partial charge in [0.1, 0.15) is 6.10 Å². The first-order chi connectivity index (χ1) is 10.3. The van der Waals surface area contributed by atoms with E-state index in [0.717, 1.165) is 25.2 Å². The second-order valence-corrected chi connectivity index (χ2v) is 6.52. The fourth-order valence-electron chi connectivity index (χ4n) is 2.26. The predicted molar refractivity (Wildman–Crippen MR) is 94.1 cm³/mol. The Bertz CT molecular complexity index is 270. The van der Waals surface area contributed by atoms with Crippen molar-refractivity contribution in [2.24, 2.45) is 0 Å². The maximum Gasteiger partial charge on any atom is 0.102 e.